The fourth-order valence-electron chi connectivity index (χ4n) is 3.85. The van der Waals surface area contributed by atoms with Crippen LogP contribution in [0.25, 0.3) is 10.2 Å². The first-order chi connectivity index (χ1) is 18.4. The lowest BCUT2D eigenvalue weighted by Gasteiger charge is -2.12. The molecule has 2 aromatic carbocycles. The van der Waals surface area contributed by atoms with Gasteiger partial charge in [0.1, 0.15) is 4.70 Å². The average Bonchev–Trinajstić information content (AvgIpc) is 3.58. The highest BCUT2D eigenvalue weighted by Gasteiger charge is 2.17. The molecule has 0 fully saturated rings. The molecule has 38 heavy (non-hydrogen) atoms. The molecule has 5 rings (SSSR count). The second-order valence-electron chi connectivity index (χ2n) is 8.39. The summed E-state index contributed by atoms with van der Waals surface area (Å²) in [5, 5.41) is 5.80. The molecule has 12 heteroatoms. The molecule has 1 aliphatic rings. The maximum atomic E-state index is 13.2. The molecule has 0 unspecified atom stereocenters. The molecule has 1 aliphatic heterocycles. The van der Waals surface area contributed by atoms with Crippen molar-refractivity contribution in [2.45, 2.75) is 31.1 Å². The van der Waals surface area contributed by atoms with Gasteiger partial charge in [-0.1, -0.05) is 41.0 Å². The van der Waals surface area contributed by atoms with Crippen molar-refractivity contribution >= 4 is 68.2 Å². The third kappa shape index (κ3) is 5.99. The normalized spacial score (nSPS) is 12.2. The van der Waals surface area contributed by atoms with E-state index < -0.39 is 0 Å². The highest BCUT2D eigenvalue weighted by atomic mass is 35.5. The van der Waals surface area contributed by atoms with Crippen LogP contribution in [0.5, 0.6) is 11.5 Å². The van der Waals surface area contributed by atoms with Crippen LogP contribution in [0.4, 0.5) is 0 Å². The molecule has 0 bridgehead atoms. The quantitative estimate of drug-likeness (QED) is 0.147. The fourth-order valence-corrected chi connectivity index (χ4v) is 5.85. The minimum atomic E-state index is -0.185. The van der Waals surface area contributed by atoms with Gasteiger partial charge in [-0.15, -0.1) is 11.3 Å². The van der Waals surface area contributed by atoms with Crippen LogP contribution >= 0.6 is 46.3 Å². The van der Waals surface area contributed by atoms with Crippen molar-refractivity contribution in [1.82, 2.24) is 14.9 Å². The van der Waals surface area contributed by atoms with Crippen molar-refractivity contribution in [3.05, 3.63) is 79.4 Å². The second-order valence-corrected chi connectivity index (χ2v) is 11.1. The number of hydrogen-bond acceptors (Lipinski definition) is 8. The van der Waals surface area contributed by atoms with Crippen LogP contribution in [0.3, 0.4) is 0 Å². The summed E-state index contributed by atoms with van der Waals surface area (Å²) in [4.78, 5) is 43.0. The SMILES string of the molecule is O=C(CCCn1c(SCC(=O)c2ccc(Cl)c(Cl)c2)nc2ccsc2c1=O)NCc1ccc2c(c1)OCO2. The smallest absolute Gasteiger partial charge is 0.272 e. The molecule has 1 N–H and O–H groups in total. The molecular formula is C26H21Cl2N3O5S2. The van der Waals surface area contributed by atoms with Crippen molar-refractivity contribution in [2.24, 2.45) is 0 Å². The maximum absolute atomic E-state index is 13.2. The van der Waals surface area contributed by atoms with Gasteiger partial charge in [0.2, 0.25) is 12.7 Å². The highest BCUT2D eigenvalue weighted by molar-refractivity contribution is 7.99. The Kier molecular flexibility index (Phi) is 8.23. The number of thioether (sulfide) groups is 1. The number of hydrogen-bond donors (Lipinski definition) is 1. The number of ketones is 1. The van der Waals surface area contributed by atoms with Gasteiger partial charge in [0.25, 0.3) is 5.56 Å². The van der Waals surface area contributed by atoms with Gasteiger partial charge in [-0.2, -0.15) is 0 Å². The summed E-state index contributed by atoms with van der Waals surface area (Å²) in [6, 6.07) is 12.0. The van der Waals surface area contributed by atoms with E-state index >= 15 is 0 Å². The zero-order valence-electron chi connectivity index (χ0n) is 19.9. The van der Waals surface area contributed by atoms with E-state index in [0.29, 0.717) is 62.0 Å². The predicted molar refractivity (Wildman–Crippen MR) is 149 cm³/mol. The molecule has 4 aromatic rings. The van der Waals surface area contributed by atoms with E-state index in [0.717, 1.165) is 5.56 Å². The summed E-state index contributed by atoms with van der Waals surface area (Å²) in [5.74, 6) is 1.12. The van der Waals surface area contributed by atoms with Crippen molar-refractivity contribution < 1.29 is 19.1 Å². The number of ether oxygens (including phenoxy) is 2. The first-order valence-electron chi connectivity index (χ1n) is 11.6. The molecule has 0 atom stereocenters. The molecule has 0 saturated heterocycles. The number of aromatic nitrogens is 2. The molecule has 0 spiro atoms. The number of Topliss-reactive ketones (excluding diaryl/α,β-unsaturated/α-hetero) is 1. The van der Waals surface area contributed by atoms with Crippen LogP contribution in [0, 0.1) is 0 Å². The largest absolute Gasteiger partial charge is 0.454 e. The lowest BCUT2D eigenvalue weighted by atomic mass is 10.1. The Morgan fingerprint density at radius 1 is 1.08 bits per heavy atom. The van der Waals surface area contributed by atoms with Gasteiger partial charge in [0.15, 0.2) is 22.4 Å². The first-order valence-corrected chi connectivity index (χ1v) is 14.3. The summed E-state index contributed by atoms with van der Waals surface area (Å²) in [6.07, 6.45) is 0.658. The number of nitrogens with one attached hydrogen (secondary N) is 1. The molecule has 8 nitrogen and oxygen atoms in total. The number of halogens is 2. The standard InChI is InChI=1S/C26H21Cl2N3O5S2/c27-17-5-4-16(11-18(17)28)20(32)13-38-26-30-19-7-9-37-24(19)25(34)31(26)8-1-2-23(33)29-12-15-3-6-21-22(10-15)36-14-35-21/h3-7,9-11H,1-2,8,12-14H2,(H,29,33). The topological polar surface area (TPSA) is 99.5 Å². The number of carbonyl (C=O) groups excluding carboxylic acids is 2. The Morgan fingerprint density at radius 3 is 2.76 bits per heavy atom. The van der Waals surface area contributed by atoms with Gasteiger partial charge in [-0.25, -0.2) is 4.98 Å². The average molecular weight is 591 g/mol. The number of benzene rings is 2. The predicted octanol–water partition coefficient (Wildman–Crippen LogP) is 5.57. The minimum absolute atomic E-state index is 0.0655. The molecule has 1 amide bonds. The molecule has 3 heterocycles. The Morgan fingerprint density at radius 2 is 1.92 bits per heavy atom. The van der Waals surface area contributed by atoms with Crippen molar-refractivity contribution in [1.29, 1.82) is 0 Å². The molecule has 196 valence electrons. The maximum Gasteiger partial charge on any atom is 0.272 e. The Balaban J connectivity index is 1.21. The summed E-state index contributed by atoms with van der Waals surface area (Å²) >= 11 is 14.5. The molecular weight excluding hydrogens is 569 g/mol. The third-order valence-electron chi connectivity index (χ3n) is 5.82. The summed E-state index contributed by atoms with van der Waals surface area (Å²) in [7, 11) is 0. The molecule has 0 radical (unpaired) electrons. The van der Waals surface area contributed by atoms with E-state index in [1.165, 1.54) is 33.7 Å². The molecule has 0 aliphatic carbocycles. The first kappa shape index (κ1) is 26.6. The van der Waals surface area contributed by atoms with Crippen LogP contribution in [-0.2, 0) is 17.9 Å². The van der Waals surface area contributed by atoms with E-state index in [1.54, 1.807) is 18.2 Å². The minimum Gasteiger partial charge on any atom is -0.454 e. The monoisotopic (exact) mass is 589 g/mol. The van der Waals surface area contributed by atoms with Gasteiger partial charge >= 0.3 is 0 Å². The van der Waals surface area contributed by atoms with Gasteiger partial charge in [0, 0.05) is 25.1 Å². The van der Waals surface area contributed by atoms with Crippen LogP contribution in [0.15, 0.2) is 57.8 Å². The van der Waals surface area contributed by atoms with Crippen molar-refractivity contribution in [2.75, 3.05) is 12.5 Å². The number of nitrogens with zero attached hydrogens (tertiary/aromatic N) is 2. The number of carbonyl (C=O) groups is 2. The Labute approximate surface area is 235 Å². The van der Waals surface area contributed by atoms with E-state index in [1.807, 2.05) is 23.6 Å². The van der Waals surface area contributed by atoms with Crippen LogP contribution in [0.1, 0.15) is 28.8 Å². The van der Waals surface area contributed by atoms with Crippen molar-refractivity contribution in [3.8, 4) is 11.5 Å². The number of fused-ring (bicyclic) bond motifs is 2. The van der Waals surface area contributed by atoms with Gasteiger partial charge in [0.05, 0.1) is 21.3 Å². The van der Waals surface area contributed by atoms with E-state index in [4.69, 9.17) is 32.7 Å². The lowest BCUT2D eigenvalue weighted by Crippen LogP contribution is -2.26. The highest BCUT2D eigenvalue weighted by Crippen LogP contribution is 2.32. The van der Waals surface area contributed by atoms with Gasteiger partial charge < -0.3 is 14.8 Å². The zero-order valence-corrected chi connectivity index (χ0v) is 23.0. The van der Waals surface area contributed by atoms with Crippen LogP contribution < -0.4 is 20.3 Å². The second kappa shape index (κ2) is 11.8. The number of amides is 1. The van der Waals surface area contributed by atoms with Crippen LogP contribution in [-0.4, -0.2) is 33.8 Å². The van der Waals surface area contributed by atoms with Crippen molar-refractivity contribution in [3.63, 3.8) is 0 Å². The van der Waals surface area contributed by atoms with Gasteiger partial charge in [-0.3, -0.25) is 19.0 Å². The Hall–Kier alpha value is -3.05. The lowest BCUT2D eigenvalue weighted by molar-refractivity contribution is -0.121. The summed E-state index contributed by atoms with van der Waals surface area (Å²) in [6.45, 7) is 0.844. The summed E-state index contributed by atoms with van der Waals surface area (Å²) in [5.41, 5.74) is 1.73. The zero-order chi connectivity index (χ0) is 26.6. The molecule has 2 aromatic heterocycles. The van der Waals surface area contributed by atoms with Gasteiger partial charge in [-0.05, 0) is 53.8 Å². The van der Waals surface area contributed by atoms with Crippen LogP contribution in [0.2, 0.25) is 10.0 Å². The Bertz CT molecular complexity index is 1590. The number of thiophene rings is 1. The summed E-state index contributed by atoms with van der Waals surface area (Å²) < 4.78 is 12.8. The van der Waals surface area contributed by atoms with E-state index in [-0.39, 0.29) is 36.2 Å². The third-order valence-corrected chi connectivity index (χ3v) is 8.42. The van der Waals surface area contributed by atoms with E-state index in [2.05, 4.69) is 10.3 Å². The van der Waals surface area contributed by atoms with E-state index in [9.17, 15) is 14.4 Å². The fraction of sp³-hybridized carbons (Fsp3) is 0.231. The number of rotatable bonds is 10. The molecule has 0 saturated carbocycles.